The van der Waals surface area contributed by atoms with Crippen LogP contribution in [0.4, 0.5) is 11.5 Å². The Morgan fingerprint density at radius 2 is 1.37 bits per heavy atom. The summed E-state index contributed by atoms with van der Waals surface area (Å²) < 4.78 is 11.3. The van der Waals surface area contributed by atoms with E-state index < -0.39 is 0 Å². The molecule has 0 spiro atoms. The van der Waals surface area contributed by atoms with Gasteiger partial charge in [-0.3, -0.25) is 4.40 Å². The van der Waals surface area contributed by atoms with Gasteiger partial charge in [0, 0.05) is 47.1 Å². The van der Waals surface area contributed by atoms with Crippen molar-refractivity contribution >= 4 is 92.1 Å². The molecule has 0 saturated heterocycles. The molecule has 4 nitrogen and oxygen atoms in total. The lowest BCUT2D eigenvalue weighted by Gasteiger charge is -2.33. The van der Waals surface area contributed by atoms with Gasteiger partial charge in [0.1, 0.15) is 17.0 Å². The van der Waals surface area contributed by atoms with Gasteiger partial charge in [-0.05, 0) is 47.5 Å². The fourth-order valence-electron chi connectivity index (χ4n) is 7.66. The number of hydrogen-bond acceptors (Lipinski definition) is 4. The Balaban J connectivity index is 1.25. The monoisotopic (exact) mass is 569 g/mol. The number of fused-ring (bicyclic) bond motifs is 14. The predicted molar refractivity (Wildman–Crippen MR) is 182 cm³/mol. The molecular formula is C38H23N3OS. The van der Waals surface area contributed by atoms with Gasteiger partial charge in [-0.2, -0.15) is 0 Å². The molecule has 2 N–H and O–H groups in total. The van der Waals surface area contributed by atoms with Crippen molar-refractivity contribution in [2.24, 2.45) is 0 Å². The zero-order valence-electron chi connectivity index (χ0n) is 22.9. The molecule has 9 aromatic rings. The van der Waals surface area contributed by atoms with Gasteiger partial charge in [0.25, 0.3) is 0 Å². The van der Waals surface area contributed by atoms with Crippen molar-refractivity contribution < 1.29 is 4.42 Å². The molecule has 43 heavy (non-hydrogen) atoms. The van der Waals surface area contributed by atoms with Gasteiger partial charge in [0.15, 0.2) is 0 Å². The number of nitrogens with one attached hydrogen (secondary N) is 2. The minimum absolute atomic E-state index is 0.201. The van der Waals surface area contributed by atoms with Crippen molar-refractivity contribution in [2.45, 2.75) is 12.1 Å². The number of nitrogens with zero attached hydrogens (tertiary/aromatic N) is 1. The first kappa shape index (κ1) is 22.4. The van der Waals surface area contributed by atoms with Crippen LogP contribution in [0.5, 0.6) is 0 Å². The normalized spacial score (nSPS) is 18.0. The first-order valence-corrected chi connectivity index (χ1v) is 15.6. The summed E-state index contributed by atoms with van der Waals surface area (Å²) in [5.74, 6) is 1.14. The number of thiophene rings is 1. The van der Waals surface area contributed by atoms with Gasteiger partial charge >= 0.3 is 0 Å². The van der Waals surface area contributed by atoms with Gasteiger partial charge < -0.3 is 15.1 Å². The lowest BCUT2D eigenvalue weighted by atomic mass is 9.98. The van der Waals surface area contributed by atoms with Gasteiger partial charge in [-0.15, -0.1) is 11.3 Å². The maximum absolute atomic E-state index is 6.13. The van der Waals surface area contributed by atoms with Crippen LogP contribution in [0.3, 0.4) is 0 Å². The zero-order valence-corrected chi connectivity index (χ0v) is 23.7. The number of allylic oxidation sites excluding steroid dienone is 2. The molecule has 0 amide bonds. The molecule has 5 heteroatoms. The molecule has 4 aromatic heterocycles. The van der Waals surface area contributed by atoms with Crippen molar-refractivity contribution in [3.05, 3.63) is 115 Å². The maximum Gasteiger partial charge on any atom is 0.136 e. The van der Waals surface area contributed by atoms with Crippen LogP contribution < -0.4 is 10.6 Å². The molecule has 1 aliphatic heterocycles. The van der Waals surface area contributed by atoms with Crippen LogP contribution in [0.15, 0.2) is 120 Å². The number of furan rings is 1. The first-order valence-electron chi connectivity index (χ1n) is 14.8. The fraction of sp³-hybridized carbons (Fsp3) is 0.0526. The molecule has 2 atom stereocenters. The van der Waals surface area contributed by atoms with Crippen LogP contribution >= 0.6 is 11.3 Å². The summed E-state index contributed by atoms with van der Waals surface area (Å²) in [6.45, 7) is 0. The second-order valence-electron chi connectivity index (χ2n) is 11.8. The van der Waals surface area contributed by atoms with Crippen LogP contribution in [0, 0.1) is 0 Å². The van der Waals surface area contributed by atoms with Crippen molar-refractivity contribution in [2.75, 3.05) is 10.6 Å². The zero-order chi connectivity index (χ0) is 27.8. The number of benzene rings is 5. The summed E-state index contributed by atoms with van der Waals surface area (Å²) in [7, 11) is 0. The predicted octanol–water partition coefficient (Wildman–Crippen LogP) is 10.3. The second kappa shape index (κ2) is 7.77. The topological polar surface area (TPSA) is 41.6 Å². The van der Waals surface area contributed by atoms with E-state index in [1.807, 2.05) is 23.5 Å². The Hall–Kier alpha value is -5.26. The van der Waals surface area contributed by atoms with E-state index in [2.05, 4.69) is 118 Å². The lowest BCUT2D eigenvalue weighted by molar-refractivity contribution is 0.669. The molecule has 0 bridgehead atoms. The fourth-order valence-corrected chi connectivity index (χ4v) is 8.81. The Labute approximate surface area is 249 Å². The van der Waals surface area contributed by atoms with Crippen LogP contribution in [-0.4, -0.2) is 16.5 Å². The highest BCUT2D eigenvalue weighted by atomic mass is 32.1. The van der Waals surface area contributed by atoms with Gasteiger partial charge in [0.05, 0.1) is 28.8 Å². The van der Waals surface area contributed by atoms with E-state index in [4.69, 9.17) is 4.42 Å². The Morgan fingerprint density at radius 3 is 2.30 bits per heavy atom. The van der Waals surface area contributed by atoms with E-state index in [0.717, 1.165) is 27.8 Å². The highest BCUT2D eigenvalue weighted by molar-refractivity contribution is 7.26. The molecule has 2 aliphatic rings. The molecule has 0 radical (unpaired) electrons. The van der Waals surface area contributed by atoms with Crippen LogP contribution in [-0.2, 0) is 0 Å². The molecule has 5 aromatic carbocycles. The van der Waals surface area contributed by atoms with E-state index in [-0.39, 0.29) is 12.1 Å². The molecule has 0 fully saturated rings. The van der Waals surface area contributed by atoms with Crippen molar-refractivity contribution in [3.63, 3.8) is 0 Å². The second-order valence-corrected chi connectivity index (χ2v) is 12.9. The quantitative estimate of drug-likeness (QED) is 0.207. The molecule has 0 saturated carbocycles. The van der Waals surface area contributed by atoms with E-state index in [0.29, 0.717) is 0 Å². The van der Waals surface area contributed by atoms with Gasteiger partial charge in [-0.25, -0.2) is 0 Å². The molecule has 1 aliphatic carbocycles. The SMILES string of the molecule is C1=CC2Nc3c(n4c5cc(-c6ccc7oc8ccccc8c7c6)ccc5c5c6c(cc3c54)sc3ccccc36)NC2C=C1. The molecule has 202 valence electrons. The summed E-state index contributed by atoms with van der Waals surface area (Å²) in [6, 6.07) is 33.5. The van der Waals surface area contributed by atoms with Gasteiger partial charge in [-0.1, -0.05) is 78.9 Å². The number of rotatable bonds is 1. The summed E-state index contributed by atoms with van der Waals surface area (Å²) in [5, 5.41) is 16.7. The average molecular weight is 570 g/mol. The molecule has 11 rings (SSSR count). The highest BCUT2D eigenvalue weighted by Gasteiger charge is 2.32. The molecule has 2 unspecified atom stereocenters. The number of aromatic nitrogens is 1. The lowest BCUT2D eigenvalue weighted by Crippen LogP contribution is -2.41. The van der Waals surface area contributed by atoms with E-state index >= 15 is 0 Å². The largest absolute Gasteiger partial charge is 0.456 e. The van der Waals surface area contributed by atoms with Gasteiger partial charge in [0.2, 0.25) is 0 Å². The number of para-hydroxylation sites is 1. The van der Waals surface area contributed by atoms with E-state index in [9.17, 15) is 0 Å². The standard InChI is InChI=1S/C38H23N3OS/c1-5-11-30-22(7-1)25-17-20(14-16-31(25)42-30)21-13-15-23-29(18-21)41-37-26(36-38(41)40-28-10-4-3-9-27(28)39-36)19-33-34(35(23)37)24-8-2-6-12-32(24)43-33/h1-19,27-28,39-40H. The third-order valence-electron chi connectivity index (χ3n) is 9.56. The van der Waals surface area contributed by atoms with Crippen molar-refractivity contribution in [3.8, 4) is 11.1 Å². The minimum Gasteiger partial charge on any atom is -0.456 e. The Kier molecular flexibility index (Phi) is 4.04. The van der Waals surface area contributed by atoms with Crippen LogP contribution in [0.1, 0.15) is 0 Å². The van der Waals surface area contributed by atoms with Crippen molar-refractivity contribution in [1.29, 1.82) is 0 Å². The van der Waals surface area contributed by atoms with Crippen molar-refractivity contribution in [1.82, 2.24) is 4.40 Å². The summed E-state index contributed by atoms with van der Waals surface area (Å²) in [4.78, 5) is 0. The van der Waals surface area contributed by atoms with Crippen LogP contribution in [0.25, 0.3) is 80.4 Å². The van der Waals surface area contributed by atoms with Crippen LogP contribution in [0.2, 0.25) is 0 Å². The average Bonchev–Trinajstić information content (AvgIpc) is 3.79. The summed E-state index contributed by atoms with van der Waals surface area (Å²) in [5.41, 5.74) is 7.94. The highest BCUT2D eigenvalue weighted by Crippen LogP contribution is 2.51. The summed E-state index contributed by atoms with van der Waals surface area (Å²) >= 11 is 1.89. The number of hydrogen-bond donors (Lipinski definition) is 2. The maximum atomic E-state index is 6.13. The summed E-state index contributed by atoms with van der Waals surface area (Å²) in [6.07, 6.45) is 8.80. The Morgan fingerprint density at radius 1 is 0.605 bits per heavy atom. The third-order valence-corrected chi connectivity index (χ3v) is 10.7. The third kappa shape index (κ3) is 2.80. The minimum atomic E-state index is 0.201. The molecule has 5 heterocycles. The Bertz CT molecular complexity index is 2700. The molecular weight excluding hydrogens is 547 g/mol. The number of anilines is 2. The van der Waals surface area contributed by atoms with E-state index in [1.54, 1.807) is 0 Å². The first-order chi connectivity index (χ1) is 21.3. The smallest absolute Gasteiger partial charge is 0.136 e. The van der Waals surface area contributed by atoms with E-state index in [1.165, 1.54) is 64.2 Å².